The third-order valence-corrected chi connectivity index (χ3v) is 4.07. The van der Waals surface area contributed by atoms with E-state index < -0.39 is 17.5 Å². The van der Waals surface area contributed by atoms with Gasteiger partial charge in [-0.3, -0.25) is 4.90 Å². The lowest BCUT2D eigenvalue weighted by molar-refractivity contribution is 0.234. The standard InChI is InChI=1S/C17H18F3N3/c1-10(2)17-21-7-11-8-23(6-5-15(11)22-17)9-12-13(18)3-4-14(19)16(12)20/h3-4,7,10H,5-6,8-9H2,1-2H3. The Balaban J connectivity index is 1.79. The highest BCUT2D eigenvalue weighted by Crippen LogP contribution is 2.23. The fourth-order valence-corrected chi connectivity index (χ4v) is 2.74. The fraction of sp³-hybridized carbons (Fsp3) is 0.412. The summed E-state index contributed by atoms with van der Waals surface area (Å²) in [5.41, 5.74) is 1.71. The monoisotopic (exact) mass is 321 g/mol. The van der Waals surface area contributed by atoms with E-state index in [1.54, 1.807) is 6.20 Å². The van der Waals surface area contributed by atoms with Crippen LogP contribution in [0.1, 0.15) is 42.4 Å². The smallest absolute Gasteiger partial charge is 0.166 e. The van der Waals surface area contributed by atoms with Gasteiger partial charge in [0.15, 0.2) is 11.6 Å². The Morgan fingerprint density at radius 1 is 1.17 bits per heavy atom. The zero-order valence-electron chi connectivity index (χ0n) is 13.1. The van der Waals surface area contributed by atoms with Crippen LogP contribution < -0.4 is 0 Å². The second-order valence-corrected chi connectivity index (χ2v) is 6.14. The van der Waals surface area contributed by atoms with E-state index in [1.807, 2.05) is 18.7 Å². The zero-order valence-corrected chi connectivity index (χ0v) is 13.1. The number of hydrogen-bond acceptors (Lipinski definition) is 3. The molecular formula is C17H18F3N3. The lowest BCUT2D eigenvalue weighted by Crippen LogP contribution is -2.32. The number of benzene rings is 1. The number of halogens is 3. The molecule has 0 amide bonds. The van der Waals surface area contributed by atoms with Gasteiger partial charge in [0.05, 0.1) is 0 Å². The number of rotatable bonds is 3. The van der Waals surface area contributed by atoms with Gasteiger partial charge in [0.1, 0.15) is 11.6 Å². The van der Waals surface area contributed by atoms with Crippen LogP contribution in [0.15, 0.2) is 18.3 Å². The van der Waals surface area contributed by atoms with Crippen molar-refractivity contribution in [2.24, 2.45) is 0 Å². The first kappa shape index (κ1) is 15.9. The summed E-state index contributed by atoms with van der Waals surface area (Å²) in [7, 11) is 0. The molecule has 1 aliphatic heterocycles. The van der Waals surface area contributed by atoms with Crippen molar-refractivity contribution in [1.29, 1.82) is 0 Å². The van der Waals surface area contributed by atoms with Crippen molar-refractivity contribution in [3.63, 3.8) is 0 Å². The largest absolute Gasteiger partial charge is 0.294 e. The van der Waals surface area contributed by atoms with Gasteiger partial charge in [0.2, 0.25) is 0 Å². The van der Waals surface area contributed by atoms with E-state index in [-0.39, 0.29) is 18.0 Å². The molecule has 1 aromatic carbocycles. The van der Waals surface area contributed by atoms with Crippen molar-refractivity contribution in [1.82, 2.24) is 14.9 Å². The van der Waals surface area contributed by atoms with Gasteiger partial charge in [-0.1, -0.05) is 13.8 Å². The van der Waals surface area contributed by atoms with E-state index in [0.717, 1.165) is 29.2 Å². The number of aromatic nitrogens is 2. The van der Waals surface area contributed by atoms with Gasteiger partial charge in [-0.25, -0.2) is 23.1 Å². The van der Waals surface area contributed by atoms with Crippen molar-refractivity contribution in [3.8, 4) is 0 Å². The Kier molecular flexibility index (Phi) is 4.35. The van der Waals surface area contributed by atoms with E-state index in [4.69, 9.17) is 0 Å². The van der Waals surface area contributed by atoms with Crippen LogP contribution in [0.4, 0.5) is 13.2 Å². The molecule has 122 valence electrons. The molecule has 0 radical (unpaired) electrons. The molecule has 1 aliphatic rings. The summed E-state index contributed by atoms with van der Waals surface area (Å²) in [6.07, 6.45) is 2.47. The average Bonchev–Trinajstić information content (AvgIpc) is 2.54. The molecule has 0 saturated heterocycles. The van der Waals surface area contributed by atoms with Gasteiger partial charge in [-0.15, -0.1) is 0 Å². The highest BCUT2D eigenvalue weighted by molar-refractivity contribution is 5.24. The van der Waals surface area contributed by atoms with E-state index in [2.05, 4.69) is 9.97 Å². The summed E-state index contributed by atoms with van der Waals surface area (Å²) in [5.74, 6) is -1.79. The minimum absolute atomic E-state index is 0.0286. The molecule has 1 aromatic heterocycles. The number of nitrogens with zero attached hydrogens (tertiary/aromatic N) is 3. The molecule has 0 spiro atoms. The molecule has 0 unspecified atom stereocenters. The Morgan fingerprint density at radius 3 is 2.65 bits per heavy atom. The van der Waals surface area contributed by atoms with Crippen LogP contribution in [0.25, 0.3) is 0 Å². The predicted octanol–water partition coefficient (Wildman–Crippen LogP) is 3.58. The maximum Gasteiger partial charge on any atom is 0.166 e. The van der Waals surface area contributed by atoms with Gasteiger partial charge >= 0.3 is 0 Å². The van der Waals surface area contributed by atoms with E-state index in [0.29, 0.717) is 19.5 Å². The van der Waals surface area contributed by atoms with Gasteiger partial charge < -0.3 is 0 Å². The van der Waals surface area contributed by atoms with Gasteiger partial charge in [0, 0.05) is 55.0 Å². The van der Waals surface area contributed by atoms with Crippen molar-refractivity contribution >= 4 is 0 Å². The van der Waals surface area contributed by atoms with E-state index in [1.165, 1.54) is 0 Å². The summed E-state index contributed by atoms with van der Waals surface area (Å²) in [4.78, 5) is 10.8. The zero-order chi connectivity index (χ0) is 16.6. The molecule has 3 nitrogen and oxygen atoms in total. The first-order valence-electron chi connectivity index (χ1n) is 7.65. The fourth-order valence-electron chi connectivity index (χ4n) is 2.74. The molecule has 0 bridgehead atoms. The second kappa shape index (κ2) is 6.28. The molecule has 0 saturated carbocycles. The molecular weight excluding hydrogens is 303 g/mol. The molecule has 2 heterocycles. The molecule has 0 aliphatic carbocycles. The van der Waals surface area contributed by atoms with Crippen LogP contribution in [0.3, 0.4) is 0 Å². The molecule has 0 atom stereocenters. The van der Waals surface area contributed by atoms with Crippen LogP contribution in [-0.2, 0) is 19.5 Å². The first-order valence-corrected chi connectivity index (χ1v) is 7.65. The van der Waals surface area contributed by atoms with Crippen molar-refractivity contribution < 1.29 is 13.2 Å². The summed E-state index contributed by atoms with van der Waals surface area (Å²) in [6.45, 7) is 5.22. The number of fused-ring (bicyclic) bond motifs is 1. The van der Waals surface area contributed by atoms with Crippen molar-refractivity contribution in [3.05, 3.63) is 58.4 Å². The van der Waals surface area contributed by atoms with Crippen LogP contribution in [0.2, 0.25) is 0 Å². The van der Waals surface area contributed by atoms with Crippen LogP contribution >= 0.6 is 0 Å². The molecule has 0 fully saturated rings. The highest BCUT2D eigenvalue weighted by atomic mass is 19.2. The van der Waals surface area contributed by atoms with Crippen molar-refractivity contribution in [2.75, 3.05) is 6.54 Å². The third-order valence-electron chi connectivity index (χ3n) is 4.07. The first-order chi connectivity index (χ1) is 11.0. The molecule has 23 heavy (non-hydrogen) atoms. The number of hydrogen-bond donors (Lipinski definition) is 0. The van der Waals surface area contributed by atoms with Gasteiger partial charge in [0.25, 0.3) is 0 Å². The minimum atomic E-state index is -1.11. The maximum absolute atomic E-state index is 13.8. The quantitative estimate of drug-likeness (QED) is 0.809. The molecule has 2 aromatic rings. The Morgan fingerprint density at radius 2 is 1.91 bits per heavy atom. The minimum Gasteiger partial charge on any atom is -0.294 e. The summed E-state index contributed by atoms with van der Waals surface area (Å²) in [5, 5.41) is 0. The van der Waals surface area contributed by atoms with E-state index >= 15 is 0 Å². The van der Waals surface area contributed by atoms with E-state index in [9.17, 15) is 13.2 Å². The van der Waals surface area contributed by atoms with Gasteiger partial charge in [-0.2, -0.15) is 0 Å². The van der Waals surface area contributed by atoms with Crippen LogP contribution in [0.5, 0.6) is 0 Å². The topological polar surface area (TPSA) is 29.0 Å². The lowest BCUT2D eigenvalue weighted by Gasteiger charge is -2.28. The third kappa shape index (κ3) is 3.22. The summed E-state index contributed by atoms with van der Waals surface area (Å²) in [6, 6.07) is 1.77. The van der Waals surface area contributed by atoms with Crippen LogP contribution in [-0.4, -0.2) is 21.4 Å². The normalized spacial score (nSPS) is 15.0. The molecule has 3 rings (SSSR count). The highest BCUT2D eigenvalue weighted by Gasteiger charge is 2.22. The van der Waals surface area contributed by atoms with Crippen molar-refractivity contribution in [2.45, 2.75) is 39.3 Å². The second-order valence-electron chi connectivity index (χ2n) is 6.14. The van der Waals surface area contributed by atoms with Gasteiger partial charge in [-0.05, 0) is 12.1 Å². The summed E-state index contributed by atoms with van der Waals surface area (Å²) >= 11 is 0. The lowest BCUT2D eigenvalue weighted by atomic mass is 10.0. The van der Waals surface area contributed by atoms with Crippen LogP contribution in [0, 0.1) is 17.5 Å². The Bertz CT molecular complexity index is 731. The Hall–Kier alpha value is -1.95. The maximum atomic E-state index is 13.8. The molecule has 0 N–H and O–H groups in total. The Labute approximate surface area is 133 Å². The average molecular weight is 321 g/mol. The predicted molar refractivity (Wildman–Crippen MR) is 80.3 cm³/mol. The molecule has 6 heteroatoms. The summed E-state index contributed by atoms with van der Waals surface area (Å²) < 4.78 is 40.8. The SMILES string of the molecule is CC(C)c1ncc2c(n1)CCN(Cc1c(F)ccc(F)c1F)C2.